The summed E-state index contributed by atoms with van der Waals surface area (Å²) in [4.78, 5) is 0. The number of nitrogens with one attached hydrogen (secondary N) is 1. The number of hydrogen-bond acceptors (Lipinski definition) is 3. The van der Waals surface area contributed by atoms with E-state index in [9.17, 15) is 0 Å². The highest BCUT2D eigenvalue weighted by Crippen LogP contribution is 2.38. The minimum Gasteiger partial charge on any atom is -0.490 e. The Hall–Kier alpha value is -1.10. The topological polar surface area (TPSA) is 30.5 Å². The number of ether oxygens (including phenoxy) is 2. The van der Waals surface area contributed by atoms with Crippen LogP contribution in [0.25, 0.3) is 0 Å². The Morgan fingerprint density at radius 3 is 2.58 bits per heavy atom. The van der Waals surface area contributed by atoms with Gasteiger partial charge in [-0.15, -0.1) is 0 Å². The number of hydrogen-bond donors (Lipinski definition) is 1. The minimum atomic E-state index is 0.0646. The van der Waals surface area contributed by atoms with Crippen molar-refractivity contribution in [2.24, 2.45) is 0 Å². The summed E-state index contributed by atoms with van der Waals surface area (Å²) >= 11 is 15.8. The first-order valence-corrected chi connectivity index (χ1v) is 9.26. The first kappa shape index (κ1) is 19.2. The molecule has 0 radical (unpaired) electrons. The van der Waals surface area contributed by atoms with E-state index in [2.05, 4.69) is 21.2 Å². The third-order valence-corrected chi connectivity index (χ3v) is 4.29. The Balaban J connectivity index is 2.22. The van der Waals surface area contributed by atoms with Crippen LogP contribution in [0.15, 0.2) is 34.8 Å². The molecule has 24 heavy (non-hydrogen) atoms. The summed E-state index contributed by atoms with van der Waals surface area (Å²) in [7, 11) is 0. The lowest BCUT2D eigenvalue weighted by molar-refractivity contribution is 0.222. The van der Waals surface area contributed by atoms with Crippen molar-refractivity contribution in [3.63, 3.8) is 0 Å². The predicted octanol–water partition coefficient (Wildman–Crippen LogP) is 6.55. The summed E-state index contributed by atoms with van der Waals surface area (Å²) in [5.41, 5.74) is 1.83. The average molecular weight is 433 g/mol. The molecule has 0 spiro atoms. The van der Waals surface area contributed by atoms with Crippen LogP contribution in [0, 0.1) is 0 Å². The van der Waals surface area contributed by atoms with Crippen molar-refractivity contribution in [1.29, 1.82) is 0 Å². The maximum Gasteiger partial charge on any atom is 0.175 e. The third kappa shape index (κ3) is 5.20. The molecule has 0 bridgehead atoms. The predicted molar refractivity (Wildman–Crippen MR) is 105 cm³/mol. The van der Waals surface area contributed by atoms with Gasteiger partial charge in [-0.2, -0.15) is 0 Å². The Morgan fingerprint density at radius 1 is 1.17 bits per heavy atom. The summed E-state index contributed by atoms with van der Waals surface area (Å²) in [5, 5.41) is 4.56. The number of anilines is 1. The van der Waals surface area contributed by atoms with Crippen molar-refractivity contribution in [2.75, 3.05) is 11.9 Å². The van der Waals surface area contributed by atoms with Crippen molar-refractivity contribution in [3.8, 4) is 11.5 Å². The quantitative estimate of drug-likeness (QED) is 0.537. The zero-order chi connectivity index (χ0) is 17.7. The van der Waals surface area contributed by atoms with E-state index in [4.69, 9.17) is 32.7 Å². The number of halogens is 3. The lowest BCUT2D eigenvalue weighted by Gasteiger charge is -2.18. The second-order valence-electron chi connectivity index (χ2n) is 5.48. The second kappa shape index (κ2) is 8.84. The first-order chi connectivity index (χ1) is 11.4. The van der Waals surface area contributed by atoms with Crippen LogP contribution in [0.3, 0.4) is 0 Å². The van der Waals surface area contributed by atoms with Crippen LogP contribution in [0.4, 0.5) is 5.69 Å². The van der Waals surface area contributed by atoms with E-state index in [1.54, 1.807) is 18.2 Å². The van der Waals surface area contributed by atoms with Gasteiger partial charge in [0.1, 0.15) is 0 Å². The smallest absolute Gasteiger partial charge is 0.175 e. The molecule has 0 aliphatic rings. The molecule has 6 heteroatoms. The zero-order valence-electron chi connectivity index (χ0n) is 13.8. The number of benzene rings is 2. The second-order valence-corrected chi connectivity index (χ2v) is 7.18. The van der Waals surface area contributed by atoms with Crippen molar-refractivity contribution < 1.29 is 9.47 Å². The summed E-state index contributed by atoms with van der Waals surface area (Å²) in [6, 6.07) is 9.31. The molecule has 0 amide bonds. The molecule has 0 aromatic heterocycles. The largest absolute Gasteiger partial charge is 0.490 e. The van der Waals surface area contributed by atoms with Gasteiger partial charge in [-0.1, -0.05) is 23.2 Å². The van der Waals surface area contributed by atoms with E-state index >= 15 is 0 Å². The maximum atomic E-state index is 6.18. The molecule has 0 fully saturated rings. The highest BCUT2D eigenvalue weighted by atomic mass is 79.9. The van der Waals surface area contributed by atoms with Gasteiger partial charge in [-0.05, 0) is 72.6 Å². The Morgan fingerprint density at radius 2 is 1.92 bits per heavy atom. The average Bonchev–Trinajstić information content (AvgIpc) is 2.51. The molecule has 0 aliphatic carbocycles. The summed E-state index contributed by atoms with van der Waals surface area (Å²) < 4.78 is 12.4. The van der Waals surface area contributed by atoms with Crippen LogP contribution >= 0.6 is 39.1 Å². The first-order valence-electron chi connectivity index (χ1n) is 7.71. The van der Waals surface area contributed by atoms with Gasteiger partial charge < -0.3 is 14.8 Å². The zero-order valence-corrected chi connectivity index (χ0v) is 16.9. The van der Waals surface area contributed by atoms with Gasteiger partial charge in [-0.25, -0.2) is 0 Å². The minimum absolute atomic E-state index is 0.0646. The van der Waals surface area contributed by atoms with Crippen molar-refractivity contribution in [3.05, 3.63) is 50.4 Å². The van der Waals surface area contributed by atoms with Gasteiger partial charge in [-0.3, -0.25) is 0 Å². The molecule has 0 saturated carbocycles. The van der Waals surface area contributed by atoms with E-state index in [1.807, 2.05) is 32.9 Å². The summed E-state index contributed by atoms with van der Waals surface area (Å²) in [6.45, 7) is 7.07. The molecule has 0 heterocycles. The standard InChI is InChI=1S/C18H20BrCl2NO2/c1-4-23-17-8-12(7-14(19)18(17)24-11(2)3)10-22-16-9-13(20)5-6-15(16)21/h5-9,11,22H,4,10H2,1-3H3. The van der Waals surface area contributed by atoms with Gasteiger partial charge in [0.15, 0.2) is 11.5 Å². The van der Waals surface area contributed by atoms with Crippen molar-refractivity contribution in [1.82, 2.24) is 0 Å². The normalized spacial score (nSPS) is 10.8. The molecular formula is C18H20BrCl2NO2. The molecule has 2 aromatic rings. The molecule has 2 rings (SSSR count). The van der Waals surface area contributed by atoms with Crippen LogP contribution in [0.5, 0.6) is 11.5 Å². The highest BCUT2D eigenvalue weighted by molar-refractivity contribution is 9.10. The molecule has 0 unspecified atom stereocenters. The van der Waals surface area contributed by atoms with Gasteiger partial charge in [0, 0.05) is 11.6 Å². The van der Waals surface area contributed by atoms with Crippen LogP contribution < -0.4 is 14.8 Å². The lowest BCUT2D eigenvalue weighted by Crippen LogP contribution is -2.09. The molecular weight excluding hydrogens is 413 g/mol. The van der Waals surface area contributed by atoms with E-state index in [1.165, 1.54) is 0 Å². The van der Waals surface area contributed by atoms with Crippen molar-refractivity contribution in [2.45, 2.75) is 33.4 Å². The SMILES string of the molecule is CCOc1cc(CNc2cc(Cl)ccc2Cl)cc(Br)c1OC(C)C. The van der Waals surface area contributed by atoms with Crippen LogP contribution in [0.2, 0.25) is 10.0 Å². The Kier molecular flexibility index (Phi) is 7.08. The highest BCUT2D eigenvalue weighted by Gasteiger charge is 2.14. The molecule has 0 aliphatic heterocycles. The van der Waals surface area contributed by atoms with Crippen LogP contribution in [0.1, 0.15) is 26.3 Å². The Labute approximate surface area is 161 Å². The van der Waals surface area contributed by atoms with Crippen molar-refractivity contribution >= 4 is 44.8 Å². The maximum absolute atomic E-state index is 6.18. The fourth-order valence-corrected chi connectivity index (χ4v) is 3.11. The number of rotatable bonds is 7. The van der Waals surface area contributed by atoms with E-state index in [0.717, 1.165) is 27.2 Å². The summed E-state index contributed by atoms with van der Waals surface area (Å²) in [5.74, 6) is 1.44. The fraction of sp³-hybridized carbons (Fsp3) is 0.333. The van der Waals surface area contributed by atoms with E-state index in [-0.39, 0.29) is 6.10 Å². The molecule has 1 N–H and O–H groups in total. The Bertz CT molecular complexity index is 708. The molecule has 3 nitrogen and oxygen atoms in total. The lowest BCUT2D eigenvalue weighted by atomic mass is 10.2. The molecule has 0 saturated heterocycles. The van der Waals surface area contributed by atoms with Gasteiger partial charge in [0.05, 0.1) is 27.9 Å². The van der Waals surface area contributed by atoms with Gasteiger partial charge in [0.25, 0.3) is 0 Å². The van der Waals surface area contributed by atoms with E-state index in [0.29, 0.717) is 23.2 Å². The van der Waals surface area contributed by atoms with Gasteiger partial charge in [0.2, 0.25) is 0 Å². The monoisotopic (exact) mass is 431 g/mol. The fourth-order valence-electron chi connectivity index (χ4n) is 2.17. The molecule has 0 atom stereocenters. The molecule has 130 valence electrons. The third-order valence-electron chi connectivity index (χ3n) is 3.13. The van der Waals surface area contributed by atoms with Gasteiger partial charge >= 0.3 is 0 Å². The molecule has 2 aromatic carbocycles. The van der Waals surface area contributed by atoms with Crippen LogP contribution in [-0.4, -0.2) is 12.7 Å². The van der Waals surface area contributed by atoms with Crippen LogP contribution in [-0.2, 0) is 6.54 Å². The van der Waals surface area contributed by atoms with E-state index < -0.39 is 0 Å². The summed E-state index contributed by atoms with van der Waals surface area (Å²) in [6.07, 6.45) is 0.0646.